The molecule has 84 valence electrons. The first-order valence-corrected chi connectivity index (χ1v) is 5.20. The summed E-state index contributed by atoms with van der Waals surface area (Å²) in [6, 6.07) is -0.419. The lowest BCUT2D eigenvalue weighted by Crippen LogP contribution is -2.42. The van der Waals surface area contributed by atoms with Crippen LogP contribution in [0.1, 0.15) is 41.0 Å². The van der Waals surface area contributed by atoms with Crippen molar-refractivity contribution in [2.24, 2.45) is 11.3 Å². The van der Waals surface area contributed by atoms with Gasteiger partial charge in [-0.05, 0) is 24.3 Å². The predicted octanol–water partition coefficient (Wildman–Crippen LogP) is 2.12. The minimum atomic E-state index is -0.756. The van der Waals surface area contributed by atoms with Crippen molar-refractivity contribution in [2.45, 2.75) is 47.1 Å². The van der Waals surface area contributed by atoms with Gasteiger partial charge in [0.05, 0.1) is 0 Å². The Labute approximate surface area is 86.9 Å². The molecule has 0 aromatic rings. The SMILES string of the molecule is CC(C)C(NCCC(C)(C)C)C(=O)O. The van der Waals surface area contributed by atoms with Gasteiger partial charge in [-0.15, -0.1) is 0 Å². The van der Waals surface area contributed by atoms with Gasteiger partial charge in [0.1, 0.15) is 6.04 Å². The molecule has 0 aromatic carbocycles. The maximum Gasteiger partial charge on any atom is 0.320 e. The van der Waals surface area contributed by atoms with Crippen molar-refractivity contribution in [3.8, 4) is 0 Å². The molecule has 2 N–H and O–H groups in total. The van der Waals surface area contributed by atoms with Gasteiger partial charge in [-0.25, -0.2) is 0 Å². The van der Waals surface area contributed by atoms with Crippen molar-refractivity contribution in [2.75, 3.05) is 6.54 Å². The first-order valence-electron chi connectivity index (χ1n) is 5.20. The summed E-state index contributed by atoms with van der Waals surface area (Å²) in [5.74, 6) is -0.624. The third kappa shape index (κ3) is 5.97. The van der Waals surface area contributed by atoms with E-state index in [2.05, 4.69) is 26.1 Å². The van der Waals surface area contributed by atoms with E-state index in [9.17, 15) is 4.79 Å². The summed E-state index contributed by atoms with van der Waals surface area (Å²) < 4.78 is 0. The van der Waals surface area contributed by atoms with Crippen LogP contribution in [0, 0.1) is 11.3 Å². The van der Waals surface area contributed by atoms with E-state index in [1.54, 1.807) is 0 Å². The summed E-state index contributed by atoms with van der Waals surface area (Å²) in [5, 5.41) is 12.0. The summed E-state index contributed by atoms with van der Waals surface area (Å²) >= 11 is 0. The molecule has 3 heteroatoms. The van der Waals surface area contributed by atoms with Crippen molar-refractivity contribution in [1.82, 2.24) is 5.32 Å². The summed E-state index contributed by atoms with van der Waals surface area (Å²) in [6.07, 6.45) is 0.990. The fourth-order valence-electron chi connectivity index (χ4n) is 1.21. The van der Waals surface area contributed by atoms with Gasteiger partial charge in [-0.1, -0.05) is 34.6 Å². The van der Waals surface area contributed by atoms with Crippen LogP contribution in [0.3, 0.4) is 0 Å². The Bertz CT molecular complexity index is 182. The van der Waals surface area contributed by atoms with Gasteiger partial charge in [0.2, 0.25) is 0 Å². The molecule has 0 aliphatic heterocycles. The molecule has 0 aliphatic rings. The molecule has 0 aromatic heterocycles. The normalized spacial score (nSPS) is 14.4. The Morgan fingerprint density at radius 2 is 1.86 bits per heavy atom. The highest BCUT2D eigenvalue weighted by atomic mass is 16.4. The molecule has 0 aliphatic carbocycles. The van der Waals surface area contributed by atoms with Crippen LogP contribution in [0.15, 0.2) is 0 Å². The molecule has 1 atom stereocenters. The fraction of sp³-hybridized carbons (Fsp3) is 0.909. The summed E-state index contributed by atoms with van der Waals surface area (Å²) in [5.41, 5.74) is 0.257. The number of rotatable bonds is 5. The number of nitrogens with one attached hydrogen (secondary N) is 1. The van der Waals surface area contributed by atoms with Crippen LogP contribution < -0.4 is 5.32 Å². The highest BCUT2D eigenvalue weighted by Crippen LogP contribution is 2.17. The molecule has 0 amide bonds. The maximum atomic E-state index is 10.8. The van der Waals surface area contributed by atoms with Crippen LogP contribution in [-0.2, 0) is 4.79 Å². The predicted molar refractivity (Wildman–Crippen MR) is 58.3 cm³/mol. The number of hydrogen-bond acceptors (Lipinski definition) is 2. The highest BCUT2D eigenvalue weighted by molar-refractivity contribution is 5.73. The third-order valence-corrected chi connectivity index (χ3v) is 2.17. The molecule has 0 fully saturated rings. The summed E-state index contributed by atoms with van der Waals surface area (Å²) in [6.45, 7) is 11.1. The van der Waals surface area contributed by atoms with Gasteiger partial charge in [0, 0.05) is 0 Å². The number of aliphatic carboxylic acids is 1. The molecule has 0 saturated carbocycles. The topological polar surface area (TPSA) is 49.3 Å². The molecule has 0 heterocycles. The Balaban J connectivity index is 3.90. The second kappa shape index (κ2) is 5.35. The van der Waals surface area contributed by atoms with Crippen LogP contribution in [0.5, 0.6) is 0 Å². The number of hydrogen-bond donors (Lipinski definition) is 2. The molecular formula is C11H23NO2. The van der Waals surface area contributed by atoms with E-state index < -0.39 is 12.0 Å². The Hall–Kier alpha value is -0.570. The van der Waals surface area contributed by atoms with E-state index in [0.717, 1.165) is 13.0 Å². The van der Waals surface area contributed by atoms with Crippen molar-refractivity contribution < 1.29 is 9.90 Å². The quantitative estimate of drug-likeness (QED) is 0.716. The molecule has 0 bridgehead atoms. The molecule has 14 heavy (non-hydrogen) atoms. The average molecular weight is 201 g/mol. The zero-order chi connectivity index (χ0) is 11.4. The molecule has 3 nitrogen and oxygen atoms in total. The lowest BCUT2D eigenvalue weighted by molar-refractivity contribution is -0.140. The Kier molecular flexibility index (Phi) is 5.13. The summed E-state index contributed by atoms with van der Waals surface area (Å²) in [7, 11) is 0. The van der Waals surface area contributed by atoms with E-state index in [-0.39, 0.29) is 11.3 Å². The maximum absolute atomic E-state index is 10.8. The van der Waals surface area contributed by atoms with Gasteiger partial charge in [0.25, 0.3) is 0 Å². The Morgan fingerprint density at radius 3 is 2.14 bits per heavy atom. The number of carboxylic acids is 1. The molecule has 0 spiro atoms. The Morgan fingerprint density at radius 1 is 1.36 bits per heavy atom. The lowest BCUT2D eigenvalue weighted by atomic mass is 9.92. The third-order valence-electron chi connectivity index (χ3n) is 2.17. The second-order valence-electron chi connectivity index (χ2n) is 5.32. The average Bonchev–Trinajstić information content (AvgIpc) is 1.94. The van der Waals surface area contributed by atoms with Crippen LogP contribution in [-0.4, -0.2) is 23.7 Å². The lowest BCUT2D eigenvalue weighted by Gasteiger charge is -2.22. The minimum absolute atomic E-state index is 0.132. The van der Waals surface area contributed by atoms with Crippen molar-refractivity contribution in [3.05, 3.63) is 0 Å². The smallest absolute Gasteiger partial charge is 0.320 e. The van der Waals surface area contributed by atoms with Gasteiger partial charge >= 0.3 is 5.97 Å². The van der Waals surface area contributed by atoms with Crippen molar-refractivity contribution >= 4 is 5.97 Å². The van der Waals surface area contributed by atoms with E-state index in [4.69, 9.17) is 5.11 Å². The number of carboxylic acid groups (broad SMARTS) is 1. The van der Waals surface area contributed by atoms with Crippen molar-refractivity contribution in [1.29, 1.82) is 0 Å². The molecule has 1 unspecified atom stereocenters. The van der Waals surface area contributed by atoms with Gasteiger partial charge in [-0.3, -0.25) is 4.79 Å². The standard InChI is InChI=1S/C11H23NO2/c1-8(2)9(10(13)14)12-7-6-11(3,4)5/h8-9,12H,6-7H2,1-5H3,(H,13,14). The van der Waals surface area contributed by atoms with E-state index >= 15 is 0 Å². The first-order chi connectivity index (χ1) is 6.24. The van der Waals surface area contributed by atoms with Crippen molar-refractivity contribution in [3.63, 3.8) is 0 Å². The van der Waals surface area contributed by atoms with Crippen LogP contribution in [0.2, 0.25) is 0 Å². The monoisotopic (exact) mass is 201 g/mol. The highest BCUT2D eigenvalue weighted by Gasteiger charge is 2.21. The fourth-order valence-corrected chi connectivity index (χ4v) is 1.21. The van der Waals surface area contributed by atoms with Crippen LogP contribution in [0.4, 0.5) is 0 Å². The van der Waals surface area contributed by atoms with Gasteiger partial charge in [-0.2, -0.15) is 0 Å². The number of carbonyl (C=O) groups is 1. The van der Waals surface area contributed by atoms with Crippen LogP contribution >= 0.6 is 0 Å². The molecule has 0 radical (unpaired) electrons. The minimum Gasteiger partial charge on any atom is -0.480 e. The largest absolute Gasteiger partial charge is 0.480 e. The van der Waals surface area contributed by atoms with E-state index in [1.807, 2.05) is 13.8 Å². The zero-order valence-electron chi connectivity index (χ0n) is 9.92. The van der Waals surface area contributed by atoms with Gasteiger partial charge < -0.3 is 10.4 Å². The van der Waals surface area contributed by atoms with E-state index in [1.165, 1.54) is 0 Å². The van der Waals surface area contributed by atoms with E-state index in [0.29, 0.717) is 0 Å². The molecule has 0 rings (SSSR count). The summed E-state index contributed by atoms with van der Waals surface area (Å²) in [4.78, 5) is 10.8. The molecule has 0 saturated heterocycles. The first kappa shape index (κ1) is 13.4. The van der Waals surface area contributed by atoms with Gasteiger partial charge in [0.15, 0.2) is 0 Å². The second-order valence-corrected chi connectivity index (χ2v) is 5.32. The molecular weight excluding hydrogens is 178 g/mol. The zero-order valence-corrected chi connectivity index (χ0v) is 9.92. The van der Waals surface area contributed by atoms with Crippen LogP contribution in [0.25, 0.3) is 0 Å².